The van der Waals surface area contributed by atoms with Gasteiger partial charge in [0.2, 0.25) is 0 Å². The molecule has 118 valence electrons. The van der Waals surface area contributed by atoms with Crippen LogP contribution in [0.2, 0.25) is 5.02 Å². The standard InChI is InChI=1S/C18H16ClNO3/c1-12-4-2-5-15-16(12)20(18(22)17(15)21)10-3-11-23-14-8-6-13(19)7-9-14/h2,4-9H,3,10-11H2,1H3. The van der Waals surface area contributed by atoms with E-state index in [9.17, 15) is 9.59 Å². The van der Waals surface area contributed by atoms with E-state index in [-0.39, 0.29) is 0 Å². The van der Waals surface area contributed by atoms with Crippen molar-refractivity contribution in [3.63, 3.8) is 0 Å². The van der Waals surface area contributed by atoms with Crippen molar-refractivity contribution in [3.05, 3.63) is 58.6 Å². The molecule has 2 aromatic rings. The van der Waals surface area contributed by atoms with Crippen molar-refractivity contribution in [1.82, 2.24) is 0 Å². The minimum Gasteiger partial charge on any atom is -0.494 e. The van der Waals surface area contributed by atoms with Crippen LogP contribution in [-0.2, 0) is 4.79 Å². The van der Waals surface area contributed by atoms with Crippen molar-refractivity contribution < 1.29 is 14.3 Å². The van der Waals surface area contributed by atoms with Crippen LogP contribution in [0.25, 0.3) is 0 Å². The quantitative estimate of drug-likeness (QED) is 0.621. The number of rotatable bonds is 5. The molecular weight excluding hydrogens is 314 g/mol. The van der Waals surface area contributed by atoms with Gasteiger partial charge in [-0.05, 0) is 49.2 Å². The Labute approximate surface area is 139 Å². The first kappa shape index (κ1) is 15.6. The normalized spacial score (nSPS) is 13.4. The van der Waals surface area contributed by atoms with Crippen molar-refractivity contribution in [2.75, 3.05) is 18.1 Å². The largest absolute Gasteiger partial charge is 0.494 e. The van der Waals surface area contributed by atoms with Crippen LogP contribution in [0.15, 0.2) is 42.5 Å². The third-order valence-electron chi connectivity index (χ3n) is 3.80. The van der Waals surface area contributed by atoms with Crippen LogP contribution in [-0.4, -0.2) is 24.8 Å². The highest BCUT2D eigenvalue weighted by atomic mass is 35.5. The highest BCUT2D eigenvalue weighted by Crippen LogP contribution is 2.32. The van der Waals surface area contributed by atoms with Gasteiger partial charge in [-0.1, -0.05) is 23.7 Å². The van der Waals surface area contributed by atoms with Crippen LogP contribution in [0.5, 0.6) is 5.75 Å². The number of Topliss-reactive ketones (excluding diaryl/α,β-unsaturated/α-hetero) is 1. The van der Waals surface area contributed by atoms with Crippen molar-refractivity contribution >= 4 is 29.0 Å². The first-order valence-electron chi connectivity index (χ1n) is 7.42. The number of fused-ring (bicyclic) bond motifs is 1. The van der Waals surface area contributed by atoms with E-state index >= 15 is 0 Å². The van der Waals surface area contributed by atoms with E-state index in [0.29, 0.717) is 30.2 Å². The Hall–Kier alpha value is -2.33. The fourth-order valence-electron chi connectivity index (χ4n) is 2.70. The SMILES string of the molecule is Cc1cccc2c1N(CCCOc1ccc(Cl)cc1)C(=O)C2=O. The second kappa shape index (κ2) is 6.42. The number of aryl methyl sites for hydroxylation is 1. The molecule has 4 nitrogen and oxygen atoms in total. The van der Waals surface area contributed by atoms with Crippen LogP contribution in [0.3, 0.4) is 0 Å². The number of hydrogen-bond donors (Lipinski definition) is 0. The molecule has 1 heterocycles. The lowest BCUT2D eigenvalue weighted by Crippen LogP contribution is -2.31. The third kappa shape index (κ3) is 3.08. The second-order valence-corrected chi connectivity index (χ2v) is 5.85. The average molecular weight is 330 g/mol. The predicted molar refractivity (Wildman–Crippen MR) is 89.4 cm³/mol. The Morgan fingerprint density at radius 1 is 1.09 bits per heavy atom. The molecule has 0 radical (unpaired) electrons. The lowest BCUT2D eigenvalue weighted by Gasteiger charge is -2.18. The van der Waals surface area contributed by atoms with Gasteiger partial charge in [-0.25, -0.2) is 0 Å². The molecule has 23 heavy (non-hydrogen) atoms. The summed E-state index contributed by atoms with van der Waals surface area (Å²) in [5.74, 6) is -0.155. The summed E-state index contributed by atoms with van der Waals surface area (Å²) in [7, 11) is 0. The summed E-state index contributed by atoms with van der Waals surface area (Å²) in [4.78, 5) is 25.7. The van der Waals surface area contributed by atoms with E-state index in [2.05, 4.69) is 0 Å². The zero-order valence-corrected chi connectivity index (χ0v) is 13.5. The molecule has 1 aliphatic rings. The van der Waals surface area contributed by atoms with Crippen LogP contribution in [0.4, 0.5) is 5.69 Å². The maximum Gasteiger partial charge on any atom is 0.299 e. The molecule has 0 saturated heterocycles. The maximum atomic E-state index is 12.1. The van der Waals surface area contributed by atoms with Gasteiger partial charge >= 0.3 is 0 Å². The molecule has 0 atom stereocenters. The minimum atomic E-state index is -0.458. The Kier molecular flexibility index (Phi) is 4.35. The van der Waals surface area contributed by atoms with Crippen LogP contribution >= 0.6 is 11.6 Å². The summed E-state index contributed by atoms with van der Waals surface area (Å²) in [6, 6.07) is 12.5. The summed E-state index contributed by atoms with van der Waals surface area (Å²) >= 11 is 5.82. The molecule has 0 unspecified atom stereocenters. The summed E-state index contributed by atoms with van der Waals surface area (Å²) in [6.07, 6.45) is 0.634. The van der Waals surface area contributed by atoms with Crippen LogP contribution in [0, 0.1) is 6.92 Å². The number of benzene rings is 2. The number of ketones is 1. The first-order chi connectivity index (χ1) is 11.1. The number of hydrogen-bond acceptors (Lipinski definition) is 3. The number of carbonyl (C=O) groups excluding carboxylic acids is 2. The van der Waals surface area contributed by atoms with Crippen molar-refractivity contribution in [3.8, 4) is 5.75 Å². The predicted octanol–water partition coefficient (Wildman–Crippen LogP) is 3.65. The summed E-state index contributed by atoms with van der Waals surface area (Å²) in [6.45, 7) is 2.82. The van der Waals surface area contributed by atoms with Gasteiger partial charge in [0.25, 0.3) is 11.7 Å². The molecule has 1 aliphatic heterocycles. The number of carbonyl (C=O) groups is 2. The van der Waals surface area contributed by atoms with E-state index < -0.39 is 11.7 Å². The van der Waals surface area contributed by atoms with Gasteiger partial charge in [0, 0.05) is 11.6 Å². The number of anilines is 1. The molecule has 0 bridgehead atoms. The lowest BCUT2D eigenvalue weighted by molar-refractivity contribution is -0.114. The molecule has 0 spiro atoms. The maximum absolute atomic E-state index is 12.1. The van der Waals surface area contributed by atoms with Crippen molar-refractivity contribution in [1.29, 1.82) is 0 Å². The van der Waals surface area contributed by atoms with Gasteiger partial charge in [0.15, 0.2) is 0 Å². The number of nitrogens with zero attached hydrogens (tertiary/aromatic N) is 1. The highest BCUT2D eigenvalue weighted by Gasteiger charge is 2.36. The van der Waals surface area contributed by atoms with E-state index in [4.69, 9.17) is 16.3 Å². The molecule has 2 aromatic carbocycles. The zero-order valence-electron chi connectivity index (χ0n) is 12.7. The Morgan fingerprint density at radius 2 is 1.83 bits per heavy atom. The highest BCUT2D eigenvalue weighted by molar-refractivity contribution is 6.52. The fraction of sp³-hybridized carbons (Fsp3) is 0.222. The molecule has 0 aliphatic carbocycles. The van der Waals surface area contributed by atoms with E-state index in [1.165, 1.54) is 0 Å². The van der Waals surface area contributed by atoms with E-state index in [1.54, 1.807) is 41.3 Å². The van der Waals surface area contributed by atoms with E-state index in [0.717, 1.165) is 17.0 Å². The molecule has 3 rings (SSSR count). The monoisotopic (exact) mass is 329 g/mol. The minimum absolute atomic E-state index is 0.428. The topological polar surface area (TPSA) is 46.6 Å². The van der Waals surface area contributed by atoms with Gasteiger partial charge in [-0.15, -0.1) is 0 Å². The second-order valence-electron chi connectivity index (χ2n) is 5.41. The van der Waals surface area contributed by atoms with Gasteiger partial charge < -0.3 is 9.64 Å². The number of ether oxygens (including phenoxy) is 1. The summed E-state index contributed by atoms with van der Waals surface area (Å²) < 4.78 is 5.62. The van der Waals surface area contributed by atoms with Crippen LogP contribution < -0.4 is 9.64 Å². The Balaban J connectivity index is 1.62. The number of para-hydroxylation sites is 1. The summed E-state index contributed by atoms with van der Waals surface area (Å²) in [5.41, 5.74) is 2.16. The van der Waals surface area contributed by atoms with Gasteiger partial charge in [0.05, 0.1) is 17.9 Å². The molecule has 0 fully saturated rings. The Morgan fingerprint density at radius 3 is 2.57 bits per heavy atom. The molecular formula is C18H16ClNO3. The average Bonchev–Trinajstić information content (AvgIpc) is 2.79. The van der Waals surface area contributed by atoms with Gasteiger partial charge in [-0.3, -0.25) is 9.59 Å². The Bertz CT molecular complexity index is 755. The van der Waals surface area contributed by atoms with Crippen molar-refractivity contribution in [2.24, 2.45) is 0 Å². The molecule has 0 aromatic heterocycles. The van der Waals surface area contributed by atoms with E-state index in [1.807, 2.05) is 13.0 Å². The van der Waals surface area contributed by atoms with Crippen LogP contribution in [0.1, 0.15) is 22.3 Å². The smallest absolute Gasteiger partial charge is 0.299 e. The van der Waals surface area contributed by atoms with Gasteiger partial charge in [-0.2, -0.15) is 0 Å². The molecule has 0 N–H and O–H groups in total. The lowest BCUT2D eigenvalue weighted by atomic mass is 10.1. The molecule has 5 heteroatoms. The number of halogens is 1. The molecule has 0 saturated carbocycles. The first-order valence-corrected chi connectivity index (χ1v) is 7.80. The number of amides is 1. The fourth-order valence-corrected chi connectivity index (χ4v) is 2.82. The summed E-state index contributed by atoms with van der Waals surface area (Å²) in [5, 5.41) is 0.658. The zero-order chi connectivity index (χ0) is 16.4. The van der Waals surface area contributed by atoms with Gasteiger partial charge in [0.1, 0.15) is 5.75 Å². The molecule has 1 amide bonds. The third-order valence-corrected chi connectivity index (χ3v) is 4.05. The van der Waals surface area contributed by atoms with Crippen molar-refractivity contribution in [2.45, 2.75) is 13.3 Å².